The van der Waals surface area contributed by atoms with Crippen LogP contribution in [0.1, 0.15) is 5.56 Å². The van der Waals surface area contributed by atoms with Crippen LogP contribution < -0.4 is 5.32 Å². The number of hydrogen-bond donors (Lipinski definition) is 1. The fourth-order valence-electron chi connectivity index (χ4n) is 0.823. The second-order valence-electron chi connectivity index (χ2n) is 2.05. The van der Waals surface area contributed by atoms with Gasteiger partial charge in [0.2, 0.25) is 0 Å². The van der Waals surface area contributed by atoms with Crippen LogP contribution in [0.3, 0.4) is 0 Å². The second kappa shape index (κ2) is 3.39. The molecule has 0 saturated heterocycles. The van der Waals surface area contributed by atoms with Gasteiger partial charge in [0.1, 0.15) is 5.82 Å². The maximum Gasteiger partial charge on any atom is 0.134 e. The largest absolute Gasteiger partial charge is 0.373 e. The van der Waals surface area contributed by atoms with E-state index in [2.05, 4.69) is 16.9 Å². The third kappa shape index (κ3) is 1.71. The van der Waals surface area contributed by atoms with Crippen molar-refractivity contribution in [3.05, 3.63) is 30.5 Å². The first-order valence-electron chi connectivity index (χ1n) is 3.23. The molecule has 0 amide bonds. The number of nitrogens with zero attached hydrogens (tertiary/aromatic N) is 1. The first-order valence-corrected chi connectivity index (χ1v) is 3.61. The number of hydrogen-bond acceptors (Lipinski definition) is 2. The summed E-state index contributed by atoms with van der Waals surface area (Å²) in [7, 11) is 1.80. The van der Waals surface area contributed by atoms with Gasteiger partial charge in [0.05, 0.1) is 0 Å². The lowest BCUT2D eigenvalue weighted by Crippen LogP contribution is -1.94. The topological polar surface area (TPSA) is 24.9 Å². The molecule has 1 aromatic heterocycles. The normalized spacial score (nSPS) is 9.27. The Hall–Kier alpha value is -1.02. The van der Waals surface area contributed by atoms with E-state index in [1.54, 1.807) is 13.2 Å². The standard InChI is InChI=1S/C8H9ClN2/c1-6(9)7-4-3-5-11-8(7)10-2/h3-5H,1H2,2H3,(H,10,11). The maximum atomic E-state index is 5.71. The molecule has 0 bridgehead atoms. The molecule has 1 N–H and O–H groups in total. The molecule has 0 radical (unpaired) electrons. The second-order valence-corrected chi connectivity index (χ2v) is 2.51. The van der Waals surface area contributed by atoms with Crippen molar-refractivity contribution in [2.24, 2.45) is 0 Å². The van der Waals surface area contributed by atoms with Crippen molar-refractivity contribution in [3.63, 3.8) is 0 Å². The lowest BCUT2D eigenvalue weighted by molar-refractivity contribution is 1.28. The average Bonchev–Trinajstić information content (AvgIpc) is 2.04. The zero-order valence-electron chi connectivity index (χ0n) is 6.26. The van der Waals surface area contributed by atoms with Crippen molar-refractivity contribution < 1.29 is 0 Å². The van der Waals surface area contributed by atoms with Crippen LogP contribution in [-0.2, 0) is 0 Å². The van der Waals surface area contributed by atoms with Crippen molar-refractivity contribution in [1.29, 1.82) is 0 Å². The SMILES string of the molecule is C=C(Cl)c1cccnc1NC. The molecular formula is C8H9ClN2. The minimum atomic E-state index is 0.502. The predicted molar refractivity (Wildman–Crippen MR) is 48.7 cm³/mol. The number of halogens is 1. The highest BCUT2D eigenvalue weighted by atomic mass is 35.5. The van der Waals surface area contributed by atoms with Gasteiger partial charge < -0.3 is 5.32 Å². The summed E-state index contributed by atoms with van der Waals surface area (Å²) < 4.78 is 0. The molecule has 0 aliphatic heterocycles. The van der Waals surface area contributed by atoms with Gasteiger partial charge in [-0.15, -0.1) is 0 Å². The zero-order valence-corrected chi connectivity index (χ0v) is 7.02. The van der Waals surface area contributed by atoms with E-state index in [4.69, 9.17) is 11.6 Å². The molecule has 58 valence electrons. The molecular weight excluding hydrogens is 160 g/mol. The van der Waals surface area contributed by atoms with Gasteiger partial charge in [-0.1, -0.05) is 18.2 Å². The molecule has 2 nitrogen and oxygen atoms in total. The van der Waals surface area contributed by atoms with Crippen LogP contribution in [0.25, 0.3) is 5.03 Å². The minimum Gasteiger partial charge on any atom is -0.373 e. The van der Waals surface area contributed by atoms with Gasteiger partial charge in [0.25, 0.3) is 0 Å². The quantitative estimate of drug-likeness (QED) is 0.733. The molecule has 0 atom stereocenters. The molecule has 0 fully saturated rings. The summed E-state index contributed by atoms with van der Waals surface area (Å²) in [6, 6.07) is 3.69. The van der Waals surface area contributed by atoms with Crippen LogP contribution in [0.15, 0.2) is 24.9 Å². The molecule has 1 heterocycles. The average molecular weight is 169 g/mol. The number of pyridine rings is 1. The van der Waals surface area contributed by atoms with Crippen molar-refractivity contribution in [2.75, 3.05) is 12.4 Å². The zero-order chi connectivity index (χ0) is 8.27. The maximum absolute atomic E-state index is 5.71. The summed E-state index contributed by atoms with van der Waals surface area (Å²) in [5, 5.41) is 3.42. The predicted octanol–water partition coefficient (Wildman–Crippen LogP) is 2.33. The molecule has 3 heteroatoms. The summed E-state index contributed by atoms with van der Waals surface area (Å²) in [6.45, 7) is 3.62. The highest BCUT2D eigenvalue weighted by Crippen LogP contribution is 2.21. The third-order valence-corrected chi connectivity index (χ3v) is 1.54. The van der Waals surface area contributed by atoms with Gasteiger partial charge >= 0.3 is 0 Å². The number of nitrogens with one attached hydrogen (secondary N) is 1. The van der Waals surface area contributed by atoms with Gasteiger partial charge in [-0.25, -0.2) is 4.98 Å². The van der Waals surface area contributed by atoms with E-state index < -0.39 is 0 Å². The van der Waals surface area contributed by atoms with Crippen LogP contribution >= 0.6 is 11.6 Å². The van der Waals surface area contributed by atoms with Crippen LogP contribution in [-0.4, -0.2) is 12.0 Å². The Balaban J connectivity index is 3.12. The van der Waals surface area contributed by atoms with E-state index >= 15 is 0 Å². The fraction of sp³-hybridized carbons (Fsp3) is 0.125. The van der Waals surface area contributed by atoms with E-state index in [-0.39, 0.29) is 0 Å². The van der Waals surface area contributed by atoms with Crippen molar-refractivity contribution >= 4 is 22.5 Å². The Bertz CT molecular complexity index is 271. The summed E-state index contributed by atoms with van der Waals surface area (Å²) in [5.41, 5.74) is 0.844. The highest BCUT2D eigenvalue weighted by Gasteiger charge is 2.01. The number of rotatable bonds is 2. The van der Waals surface area contributed by atoms with Crippen molar-refractivity contribution in [1.82, 2.24) is 4.98 Å². The van der Waals surface area contributed by atoms with Crippen LogP contribution in [0.5, 0.6) is 0 Å². The third-order valence-electron chi connectivity index (χ3n) is 1.34. The Kier molecular flexibility index (Phi) is 2.49. The fourth-order valence-corrected chi connectivity index (χ4v) is 0.976. The first kappa shape index (κ1) is 8.08. The summed E-state index contributed by atoms with van der Waals surface area (Å²) in [5.74, 6) is 0.757. The Morgan fingerprint density at radius 3 is 2.91 bits per heavy atom. The number of anilines is 1. The molecule has 0 saturated carbocycles. The lowest BCUT2D eigenvalue weighted by atomic mass is 10.2. The lowest BCUT2D eigenvalue weighted by Gasteiger charge is -2.04. The highest BCUT2D eigenvalue weighted by molar-refractivity contribution is 6.48. The van der Waals surface area contributed by atoms with Gasteiger partial charge in [0.15, 0.2) is 0 Å². The summed E-state index contributed by atoms with van der Waals surface area (Å²) in [4.78, 5) is 4.06. The van der Waals surface area contributed by atoms with Gasteiger partial charge in [-0.05, 0) is 12.1 Å². The Labute approximate surface area is 70.9 Å². The smallest absolute Gasteiger partial charge is 0.134 e. The van der Waals surface area contributed by atoms with E-state index in [1.807, 2.05) is 12.1 Å². The number of aromatic nitrogens is 1. The molecule has 0 aliphatic carbocycles. The summed E-state index contributed by atoms with van der Waals surface area (Å²) >= 11 is 5.71. The molecule has 0 unspecified atom stereocenters. The van der Waals surface area contributed by atoms with Crippen molar-refractivity contribution in [2.45, 2.75) is 0 Å². The minimum absolute atomic E-state index is 0.502. The van der Waals surface area contributed by atoms with Gasteiger partial charge in [0, 0.05) is 23.8 Å². The Morgan fingerprint density at radius 1 is 1.73 bits per heavy atom. The van der Waals surface area contributed by atoms with Crippen LogP contribution in [0.2, 0.25) is 0 Å². The monoisotopic (exact) mass is 168 g/mol. The molecule has 11 heavy (non-hydrogen) atoms. The molecule has 1 aromatic rings. The van der Waals surface area contributed by atoms with Gasteiger partial charge in [-0.2, -0.15) is 0 Å². The van der Waals surface area contributed by atoms with E-state index in [0.29, 0.717) is 5.03 Å². The van der Waals surface area contributed by atoms with Crippen molar-refractivity contribution in [3.8, 4) is 0 Å². The van der Waals surface area contributed by atoms with Crippen LogP contribution in [0, 0.1) is 0 Å². The summed E-state index contributed by atoms with van der Waals surface area (Å²) in [6.07, 6.45) is 1.70. The van der Waals surface area contributed by atoms with Gasteiger partial charge in [-0.3, -0.25) is 0 Å². The van der Waals surface area contributed by atoms with E-state index in [1.165, 1.54) is 0 Å². The van der Waals surface area contributed by atoms with E-state index in [9.17, 15) is 0 Å². The first-order chi connectivity index (χ1) is 5.25. The molecule has 0 aromatic carbocycles. The Morgan fingerprint density at radius 2 is 2.45 bits per heavy atom. The molecule has 0 aliphatic rings. The molecule has 1 rings (SSSR count). The van der Waals surface area contributed by atoms with E-state index in [0.717, 1.165) is 11.4 Å². The van der Waals surface area contributed by atoms with Crippen LogP contribution in [0.4, 0.5) is 5.82 Å². The molecule has 0 spiro atoms.